The second-order valence-corrected chi connectivity index (χ2v) is 7.09. The highest BCUT2D eigenvalue weighted by molar-refractivity contribution is 5.76. The molecule has 1 saturated heterocycles. The number of nitrogens with zero attached hydrogens (tertiary/aromatic N) is 1. The molecule has 6 heteroatoms. The Kier molecular flexibility index (Phi) is 7.72. The van der Waals surface area contributed by atoms with Gasteiger partial charge in [-0.1, -0.05) is 0 Å². The van der Waals surface area contributed by atoms with Gasteiger partial charge in [0.05, 0.1) is 26.4 Å². The van der Waals surface area contributed by atoms with Gasteiger partial charge in [0.1, 0.15) is 11.5 Å². The van der Waals surface area contributed by atoms with Crippen molar-refractivity contribution in [2.45, 2.75) is 51.9 Å². The molecule has 0 aliphatic carbocycles. The molecule has 1 N–H and O–H groups in total. The van der Waals surface area contributed by atoms with E-state index in [1.807, 2.05) is 18.2 Å². The largest absolute Gasteiger partial charge is 0.497 e. The van der Waals surface area contributed by atoms with Gasteiger partial charge in [-0.2, -0.15) is 0 Å². The van der Waals surface area contributed by atoms with Crippen molar-refractivity contribution in [1.29, 1.82) is 0 Å². The number of hydrogen-bond donors (Lipinski definition) is 1. The summed E-state index contributed by atoms with van der Waals surface area (Å²) in [7, 11) is 3.25. The number of carbonyl (C=O) groups is 1. The molecule has 146 valence electrons. The van der Waals surface area contributed by atoms with Gasteiger partial charge in [0.15, 0.2) is 0 Å². The normalized spacial score (nSPS) is 21.9. The molecule has 2 rings (SSSR count). The monoisotopic (exact) mass is 364 g/mol. The topological polar surface area (TPSA) is 60.0 Å². The van der Waals surface area contributed by atoms with Crippen LogP contribution in [0.1, 0.15) is 32.8 Å². The molecule has 3 unspecified atom stereocenters. The van der Waals surface area contributed by atoms with Crippen molar-refractivity contribution in [1.82, 2.24) is 10.2 Å². The molecule has 0 radical (unpaired) electrons. The summed E-state index contributed by atoms with van der Waals surface area (Å²) in [4.78, 5) is 14.6. The predicted octanol–water partition coefficient (Wildman–Crippen LogP) is 2.25. The van der Waals surface area contributed by atoms with Crippen molar-refractivity contribution < 1.29 is 19.0 Å². The summed E-state index contributed by atoms with van der Waals surface area (Å²) in [5.74, 6) is 1.54. The zero-order chi connectivity index (χ0) is 19.1. The number of morpholine rings is 1. The van der Waals surface area contributed by atoms with E-state index < -0.39 is 0 Å². The van der Waals surface area contributed by atoms with Gasteiger partial charge in [-0.15, -0.1) is 0 Å². The highest BCUT2D eigenvalue weighted by Gasteiger charge is 2.25. The molecule has 3 atom stereocenters. The highest BCUT2D eigenvalue weighted by Crippen LogP contribution is 2.23. The maximum Gasteiger partial charge on any atom is 0.220 e. The molecule has 26 heavy (non-hydrogen) atoms. The van der Waals surface area contributed by atoms with E-state index in [2.05, 4.69) is 31.0 Å². The van der Waals surface area contributed by atoms with E-state index in [9.17, 15) is 4.79 Å². The zero-order valence-electron chi connectivity index (χ0n) is 16.6. The van der Waals surface area contributed by atoms with E-state index in [1.165, 1.54) is 0 Å². The van der Waals surface area contributed by atoms with Crippen molar-refractivity contribution in [3.05, 3.63) is 23.8 Å². The summed E-state index contributed by atoms with van der Waals surface area (Å²) < 4.78 is 16.3. The Hall–Kier alpha value is -1.79. The molecule has 1 aromatic rings. The fourth-order valence-electron chi connectivity index (χ4n) is 3.33. The maximum absolute atomic E-state index is 12.2. The first kappa shape index (κ1) is 20.5. The lowest BCUT2D eigenvalue weighted by atomic mass is 10.1. The Morgan fingerprint density at radius 3 is 2.31 bits per heavy atom. The average molecular weight is 364 g/mol. The molecule has 0 saturated carbocycles. The molecule has 0 bridgehead atoms. The molecule has 1 aliphatic rings. The Morgan fingerprint density at radius 2 is 1.77 bits per heavy atom. The molecule has 1 amide bonds. The lowest BCUT2D eigenvalue weighted by molar-refractivity contribution is -0.121. The van der Waals surface area contributed by atoms with Gasteiger partial charge in [0.2, 0.25) is 5.91 Å². The summed E-state index contributed by atoms with van der Waals surface area (Å²) >= 11 is 0. The van der Waals surface area contributed by atoms with Crippen LogP contribution in [0.4, 0.5) is 0 Å². The van der Waals surface area contributed by atoms with Gasteiger partial charge in [0.25, 0.3) is 0 Å². The van der Waals surface area contributed by atoms with Crippen LogP contribution < -0.4 is 14.8 Å². The van der Waals surface area contributed by atoms with Crippen LogP contribution in [0.15, 0.2) is 18.2 Å². The number of nitrogens with one attached hydrogen (secondary N) is 1. The van der Waals surface area contributed by atoms with E-state index in [4.69, 9.17) is 14.2 Å². The van der Waals surface area contributed by atoms with Crippen LogP contribution in [-0.4, -0.2) is 62.9 Å². The van der Waals surface area contributed by atoms with Crippen LogP contribution in [0.5, 0.6) is 11.5 Å². The summed E-state index contributed by atoms with van der Waals surface area (Å²) in [6.07, 6.45) is 1.57. The number of aryl methyl sites for hydroxylation is 1. The number of carbonyl (C=O) groups excluding carboxylic acids is 1. The van der Waals surface area contributed by atoms with Crippen molar-refractivity contribution in [2.24, 2.45) is 0 Å². The van der Waals surface area contributed by atoms with Crippen LogP contribution >= 0.6 is 0 Å². The first-order chi connectivity index (χ1) is 12.4. The van der Waals surface area contributed by atoms with Gasteiger partial charge >= 0.3 is 0 Å². The minimum atomic E-state index is 0.0630. The summed E-state index contributed by atoms with van der Waals surface area (Å²) in [6, 6.07) is 6.00. The number of ether oxygens (including phenoxy) is 3. The maximum atomic E-state index is 12.2. The lowest BCUT2D eigenvalue weighted by Crippen LogP contribution is -2.52. The smallest absolute Gasteiger partial charge is 0.220 e. The van der Waals surface area contributed by atoms with Gasteiger partial charge in [-0.25, -0.2) is 0 Å². The van der Waals surface area contributed by atoms with E-state index in [0.29, 0.717) is 25.4 Å². The van der Waals surface area contributed by atoms with Crippen molar-refractivity contribution in [3.8, 4) is 11.5 Å². The summed E-state index contributed by atoms with van der Waals surface area (Å²) in [6.45, 7) is 8.81. The molecule has 0 aromatic heterocycles. The number of rotatable bonds is 8. The Bertz CT molecular complexity index is 561. The highest BCUT2D eigenvalue weighted by atomic mass is 16.5. The molecule has 1 aromatic carbocycles. The van der Waals surface area contributed by atoms with Crippen LogP contribution in [-0.2, 0) is 16.0 Å². The lowest BCUT2D eigenvalue weighted by Gasteiger charge is -2.39. The fourth-order valence-corrected chi connectivity index (χ4v) is 3.33. The number of benzene rings is 1. The predicted molar refractivity (Wildman–Crippen MR) is 102 cm³/mol. The first-order valence-electron chi connectivity index (χ1n) is 9.29. The minimum Gasteiger partial charge on any atom is -0.497 e. The van der Waals surface area contributed by atoms with E-state index in [1.54, 1.807) is 14.2 Å². The molecule has 0 spiro atoms. The number of hydrogen-bond acceptors (Lipinski definition) is 5. The van der Waals surface area contributed by atoms with E-state index in [0.717, 1.165) is 30.2 Å². The van der Waals surface area contributed by atoms with E-state index >= 15 is 0 Å². The van der Waals surface area contributed by atoms with Gasteiger partial charge in [0, 0.05) is 38.2 Å². The molecule has 1 heterocycles. The second kappa shape index (κ2) is 9.78. The Balaban J connectivity index is 1.78. The quantitative estimate of drug-likeness (QED) is 0.767. The molecule has 1 aliphatic heterocycles. The number of methoxy groups -OCH3 is 2. The number of amides is 1. The molecular weight excluding hydrogens is 332 g/mol. The second-order valence-electron chi connectivity index (χ2n) is 7.09. The molecular formula is C20H32N2O4. The van der Waals surface area contributed by atoms with E-state index in [-0.39, 0.29) is 18.1 Å². The standard InChI is InChI=1S/C20H32N2O4/c1-14(22-12-15(2)26-16(3)13-22)11-21-20(23)7-6-17-8-18(24-4)10-19(9-17)25-5/h8-10,14-16H,6-7,11-13H2,1-5H3,(H,21,23). The van der Waals surface area contributed by atoms with Crippen LogP contribution in [0, 0.1) is 0 Å². The summed E-state index contributed by atoms with van der Waals surface area (Å²) in [5, 5.41) is 3.05. The third kappa shape index (κ3) is 6.18. The Labute approximate surface area is 156 Å². The van der Waals surface area contributed by atoms with Crippen LogP contribution in [0.25, 0.3) is 0 Å². The van der Waals surface area contributed by atoms with Gasteiger partial charge in [-0.05, 0) is 44.9 Å². The summed E-state index contributed by atoms with van der Waals surface area (Å²) in [5.41, 5.74) is 1.03. The van der Waals surface area contributed by atoms with Crippen molar-refractivity contribution >= 4 is 5.91 Å². The van der Waals surface area contributed by atoms with Crippen LogP contribution in [0.2, 0.25) is 0 Å². The average Bonchev–Trinajstić information content (AvgIpc) is 2.63. The molecule has 6 nitrogen and oxygen atoms in total. The minimum absolute atomic E-state index is 0.0630. The van der Waals surface area contributed by atoms with Crippen LogP contribution in [0.3, 0.4) is 0 Å². The first-order valence-corrected chi connectivity index (χ1v) is 9.29. The zero-order valence-corrected chi connectivity index (χ0v) is 16.6. The Morgan fingerprint density at radius 1 is 1.19 bits per heavy atom. The third-order valence-corrected chi connectivity index (χ3v) is 4.72. The molecule has 1 fully saturated rings. The van der Waals surface area contributed by atoms with Crippen molar-refractivity contribution in [3.63, 3.8) is 0 Å². The SMILES string of the molecule is COc1cc(CCC(=O)NCC(C)N2CC(C)OC(C)C2)cc(OC)c1. The van der Waals surface area contributed by atoms with Crippen molar-refractivity contribution in [2.75, 3.05) is 33.9 Å². The van der Waals surface area contributed by atoms with Gasteiger partial charge in [-0.3, -0.25) is 9.69 Å². The fraction of sp³-hybridized carbons (Fsp3) is 0.650. The van der Waals surface area contributed by atoms with Gasteiger partial charge < -0.3 is 19.5 Å². The third-order valence-electron chi connectivity index (χ3n) is 4.72.